The highest BCUT2D eigenvalue weighted by Crippen LogP contribution is 2.27. The van der Waals surface area contributed by atoms with Crippen LogP contribution >= 0.6 is 0 Å². The molecule has 0 fully saturated rings. The molecule has 3 aromatic rings. The van der Waals surface area contributed by atoms with Crippen molar-refractivity contribution in [3.8, 4) is 0 Å². The second-order valence-electron chi connectivity index (χ2n) is 7.46. The van der Waals surface area contributed by atoms with Crippen LogP contribution in [0.25, 0.3) is 10.8 Å². The minimum absolute atomic E-state index is 0. The quantitative estimate of drug-likeness (QED) is 0.704. The van der Waals surface area contributed by atoms with Gasteiger partial charge in [-0.3, -0.25) is 0 Å². The normalized spacial score (nSPS) is 15.1. The van der Waals surface area contributed by atoms with Crippen molar-refractivity contribution in [2.24, 2.45) is 0 Å². The number of halogens is 1. The van der Waals surface area contributed by atoms with E-state index >= 15 is 0 Å². The van der Waals surface area contributed by atoms with Crippen LogP contribution < -0.4 is 17.4 Å². The van der Waals surface area contributed by atoms with Gasteiger partial charge in [-0.2, -0.15) is 0 Å². The Kier molecular flexibility index (Phi) is 5.45. The predicted octanol–water partition coefficient (Wildman–Crippen LogP) is 0.265. The van der Waals surface area contributed by atoms with Gasteiger partial charge in [-0.05, 0) is 28.0 Å². The summed E-state index contributed by atoms with van der Waals surface area (Å²) >= 11 is 0. The molecule has 0 saturated heterocycles. The number of hydrogen-bond donors (Lipinski definition) is 1. The number of fused-ring (bicyclic) bond motifs is 3. The van der Waals surface area contributed by atoms with E-state index < -0.39 is 0 Å². The zero-order valence-corrected chi connectivity index (χ0v) is 16.0. The van der Waals surface area contributed by atoms with Crippen LogP contribution in [0.4, 0.5) is 0 Å². The number of nitrogens with one attached hydrogen (secondary N) is 1. The van der Waals surface area contributed by atoms with E-state index in [4.69, 9.17) is 4.74 Å². The minimum Gasteiger partial charge on any atom is -1.00 e. The van der Waals surface area contributed by atoms with Crippen molar-refractivity contribution < 1.29 is 22.1 Å². The molecule has 0 spiro atoms. The Hall–Kier alpha value is -2.16. The number of hydrogen-bond acceptors (Lipinski definition) is 1. The van der Waals surface area contributed by atoms with Gasteiger partial charge in [0.1, 0.15) is 6.61 Å². The monoisotopic (exact) mass is 365 g/mol. The SMILES string of the molecule is CC1(C)Cc2c(ccc3ccccc23)C(COCc2ccccc2)=[NH+]1.[Cl-]. The van der Waals surface area contributed by atoms with Crippen molar-refractivity contribution >= 4 is 16.5 Å². The van der Waals surface area contributed by atoms with Gasteiger partial charge >= 0.3 is 0 Å². The first kappa shape index (κ1) is 18.6. The zero-order valence-electron chi connectivity index (χ0n) is 15.3. The molecule has 0 saturated carbocycles. The molecule has 1 aliphatic heterocycles. The molecule has 26 heavy (non-hydrogen) atoms. The van der Waals surface area contributed by atoms with Crippen molar-refractivity contribution in [2.75, 3.05) is 6.61 Å². The lowest BCUT2D eigenvalue weighted by atomic mass is 9.84. The summed E-state index contributed by atoms with van der Waals surface area (Å²) in [4.78, 5) is 3.69. The molecule has 1 heterocycles. The maximum Gasteiger partial charge on any atom is 0.208 e. The lowest BCUT2D eigenvalue weighted by Crippen LogP contribution is -3.00. The molecule has 4 rings (SSSR count). The van der Waals surface area contributed by atoms with E-state index in [0.29, 0.717) is 13.2 Å². The Labute approximate surface area is 161 Å². The second-order valence-corrected chi connectivity index (χ2v) is 7.46. The fourth-order valence-corrected chi connectivity index (χ4v) is 3.73. The van der Waals surface area contributed by atoms with Crippen molar-refractivity contribution in [3.05, 3.63) is 83.4 Å². The molecule has 1 aliphatic rings. The molecular weight excluding hydrogens is 342 g/mol. The van der Waals surface area contributed by atoms with Gasteiger partial charge in [-0.15, -0.1) is 0 Å². The van der Waals surface area contributed by atoms with Gasteiger partial charge in [-0.1, -0.05) is 60.7 Å². The van der Waals surface area contributed by atoms with Crippen LogP contribution in [0.5, 0.6) is 0 Å². The van der Waals surface area contributed by atoms with Crippen LogP contribution in [0.15, 0.2) is 66.7 Å². The van der Waals surface area contributed by atoms with Crippen molar-refractivity contribution in [1.82, 2.24) is 0 Å². The average molecular weight is 366 g/mol. The van der Waals surface area contributed by atoms with Gasteiger partial charge in [-0.25, -0.2) is 4.99 Å². The molecular formula is C23H24ClNO. The molecule has 0 bridgehead atoms. The summed E-state index contributed by atoms with van der Waals surface area (Å²) in [5.74, 6) is 0. The molecule has 0 aliphatic carbocycles. The fraction of sp³-hybridized carbons (Fsp3) is 0.261. The van der Waals surface area contributed by atoms with Gasteiger partial charge in [0, 0.05) is 25.8 Å². The Morgan fingerprint density at radius 2 is 1.62 bits per heavy atom. The zero-order chi connectivity index (χ0) is 17.3. The third kappa shape index (κ3) is 3.82. The lowest BCUT2D eigenvalue weighted by Gasteiger charge is -2.25. The third-order valence-corrected chi connectivity index (χ3v) is 4.83. The smallest absolute Gasteiger partial charge is 0.208 e. The molecule has 0 atom stereocenters. The van der Waals surface area contributed by atoms with Crippen LogP contribution in [0.3, 0.4) is 0 Å². The lowest BCUT2D eigenvalue weighted by molar-refractivity contribution is -0.546. The topological polar surface area (TPSA) is 23.2 Å². The van der Waals surface area contributed by atoms with E-state index in [1.807, 2.05) is 6.07 Å². The summed E-state index contributed by atoms with van der Waals surface area (Å²) in [6.07, 6.45) is 1.02. The van der Waals surface area contributed by atoms with E-state index in [0.717, 1.165) is 6.42 Å². The number of ether oxygens (including phenoxy) is 1. The molecule has 134 valence electrons. The summed E-state index contributed by atoms with van der Waals surface area (Å²) in [6.45, 7) is 5.75. The van der Waals surface area contributed by atoms with Gasteiger partial charge in [0.05, 0.1) is 6.61 Å². The number of benzene rings is 3. The van der Waals surface area contributed by atoms with Gasteiger partial charge in [0.25, 0.3) is 0 Å². The molecule has 3 heteroatoms. The van der Waals surface area contributed by atoms with Crippen LogP contribution in [0, 0.1) is 0 Å². The summed E-state index contributed by atoms with van der Waals surface area (Å²) in [6, 6.07) is 23.4. The Balaban J connectivity index is 0.00000196. The molecule has 0 radical (unpaired) electrons. The van der Waals surface area contributed by atoms with Gasteiger partial charge < -0.3 is 17.1 Å². The van der Waals surface area contributed by atoms with E-state index in [2.05, 4.69) is 79.5 Å². The standard InChI is InChI=1S/C23H23NO.ClH/c1-23(2)14-21-19-11-7-6-10-18(19)12-13-20(21)22(24-23)16-25-15-17-8-4-3-5-9-17;/h3-13H,14-16H2,1-2H3;1H. The van der Waals surface area contributed by atoms with Crippen molar-refractivity contribution in [3.63, 3.8) is 0 Å². The average Bonchev–Trinajstić information content (AvgIpc) is 2.61. The fourth-order valence-electron chi connectivity index (χ4n) is 3.73. The first-order chi connectivity index (χ1) is 12.1. The highest BCUT2D eigenvalue weighted by molar-refractivity contribution is 6.04. The maximum atomic E-state index is 6.02. The summed E-state index contributed by atoms with van der Waals surface area (Å²) in [5, 5.41) is 2.67. The molecule has 0 unspecified atom stereocenters. The largest absolute Gasteiger partial charge is 1.00 e. The predicted molar refractivity (Wildman–Crippen MR) is 103 cm³/mol. The van der Waals surface area contributed by atoms with Gasteiger partial charge in [0.15, 0.2) is 5.54 Å². The van der Waals surface area contributed by atoms with Crippen LogP contribution in [-0.4, -0.2) is 17.9 Å². The van der Waals surface area contributed by atoms with Crippen LogP contribution in [0.2, 0.25) is 0 Å². The van der Waals surface area contributed by atoms with E-state index in [1.165, 1.54) is 33.2 Å². The minimum atomic E-state index is 0. The second kappa shape index (κ2) is 7.61. The Morgan fingerprint density at radius 3 is 2.42 bits per heavy atom. The molecule has 1 N–H and O–H groups in total. The first-order valence-electron chi connectivity index (χ1n) is 8.89. The highest BCUT2D eigenvalue weighted by atomic mass is 35.5. The molecule has 2 nitrogen and oxygen atoms in total. The molecule has 0 aromatic heterocycles. The van der Waals surface area contributed by atoms with Crippen molar-refractivity contribution in [2.45, 2.75) is 32.4 Å². The first-order valence-corrected chi connectivity index (χ1v) is 8.89. The Bertz CT molecular complexity index is 931. The van der Waals surface area contributed by atoms with Gasteiger partial charge in [0.2, 0.25) is 5.71 Å². The maximum absolute atomic E-state index is 6.02. The Morgan fingerprint density at radius 1 is 0.885 bits per heavy atom. The van der Waals surface area contributed by atoms with E-state index in [9.17, 15) is 0 Å². The summed E-state index contributed by atoms with van der Waals surface area (Å²) in [5.41, 5.74) is 5.15. The summed E-state index contributed by atoms with van der Waals surface area (Å²) in [7, 11) is 0. The van der Waals surface area contributed by atoms with Crippen molar-refractivity contribution in [1.29, 1.82) is 0 Å². The molecule has 3 aromatic carbocycles. The third-order valence-electron chi connectivity index (χ3n) is 4.83. The van der Waals surface area contributed by atoms with E-state index in [-0.39, 0.29) is 17.9 Å². The number of rotatable bonds is 4. The highest BCUT2D eigenvalue weighted by Gasteiger charge is 2.33. The van der Waals surface area contributed by atoms with E-state index in [1.54, 1.807) is 0 Å². The van der Waals surface area contributed by atoms with Crippen LogP contribution in [-0.2, 0) is 17.8 Å². The molecule has 0 amide bonds. The van der Waals surface area contributed by atoms with Crippen LogP contribution in [0.1, 0.15) is 30.5 Å². The summed E-state index contributed by atoms with van der Waals surface area (Å²) < 4.78 is 6.02.